The minimum Gasteiger partial charge on any atom is -0.480 e. The molecule has 0 aromatic heterocycles. The van der Waals surface area contributed by atoms with Crippen LogP contribution in [0.3, 0.4) is 0 Å². The van der Waals surface area contributed by atoms with Gasteiger partial charge in [0.2, 0.25) is 15.9 Å². The van der Waals surface area contributed by atoms with E-state index in [0.717, 1.165) is 16.4 Å². The maximum absolute atomic E-state index is 12.9. The van der Waals surface area contributed by atoms with Gasteiger partial charge in [0.1, 0.15) is 11.9 Å². The summed E-state index contributed by atoms with van der Waals surface area (Å²) in [5.74, 6) is -1.81. The van der Waals surface area contributed by atoms with Crippen LogP contribution in [0.2, 0.25) is 0 Å². The van der Waals surface area contributed by atoms with Gasteiger partial charge in [-0.15, -0.1) is 0 Å². The van der Waals surface area contributed by atoms with Gasteiger partial charge in [-0.25, -0.2) is 21.9 Å². The number of benzene rings is 1. The summed E-state index contributed by atoms with van der Waals surface area (Å²) in [7, 11) is -2.36. The number of aliphatic carboxylic acids is 1. The number of rotatable bonds is 7. The third kappa shape index (κ3) is 4.55. The molecule has 0 radical (unpaired) electrons. The quantitative estimate of drug-likeness (QED) is 0.778. The van der Waals surface area contributed by atoms with Crippen LogP contribution in [-0.2, 0) is 19.6 Å². The third-order valence-corrected chi connectivity index (χ3v) is 6.11. The molecule has 1 aliphatic heterocycles. The van der Waals surface area contributed by atoms with Crippen molar-refractivity contribution in [1.82, 2.24) is 9.21 Å². The number of carbonyl (C=O) groups is 2. The maximum Gasteiger partial charge on any atom is 0.326 e. The molecule has 1 heterocycles. The van der Waals surface area contributed by atoms with Crippen LogP contribution >= 0.6 is 0 Å². The van der Waals surface area contributed by atoms with Gasteiger partial charge < -0.3 is 10.0 Å². The molecule has 138 valence electrons. The highest BCUT2D eigenvalue weighted by atomic mass is 32.2. The van der Waals surface area contributed by atoms with Crippen LogP contribution in [0.1, 0.15) is 25.7 Å². The van der Waals surface area contributed by atoms with E-state index in [1.165, 1.54) is 24.1 Å². The van der Waals surface area contributed by atoms with Crippen molar-refractivity contribution in [3.63, 3.8) is 0 Å². The van der Waals surface area contributed by atoms with Gasteiger partial charge in [-0.05, 0) is 43.5 Å². The largest absolute Gasteiger partial charge is 0.480 e. The van der Waals surface area contributed by atoms with Crippen LogP contribution in [0.15, 0.2) is 29.2 Å². The van der Waals surface area contributed by atoms with E-state index in [0.29, 0.717) is 19.4 Å². The smallest absolute Gasteiger partial charge is 0.326 e. The summed E-state index contributed by atoms with van der Waals surface area (Å²) in [6, 6.07) is 3.74. The minimum atomic E-state index is -3.75. The van der Waals surface area contributed by atoms with Crippen LogP contribution in [0.25, 0.3) is 0 Å². The van der Waals surface area contributed by atoms with Crippen LogP contribution in [0, 0.1) is 5.82 Å². The Morgan fingerprint density at radius 1 is 1.32 bits per heavy atom. The second-order valence-electron chi connectivity index (χ2n) is 5.97. The molecular formula is C16H21FN2O5S. The first kappa shape index (κ1) is 19.3. The standard InChI is InChI=1S/C16H21FN2O5S/c1-18(25(23,24)13-8-6-12(17)7-9-13)10-3-5-15(20)19-11-2-4-14(19)16(21)22/h6-9,14H,2-5,10-11H2,1H3,(H,21,22)/t14-/m0/s1. The molecule has 1 fully saturated rings. The molecule has 0 bridgehead atoms. The van der Waals surface area contributed by atoms with E-state index < -0.39 is 27.9 Å². The number of hydrogen-bond acceptors (Lipinski definition) is 4. The Balaban J connectivity index is 1.89. The number of carbonyl (C=O) groups excluding carboxylic acids is 1. The zero-order chi connectivity index (χ0) is 18.6. The first-order valence-corrected chi connectivity index (χ1v) is 9.41. The number of halogens is 1. The SMILES string of the molecule is CN(CCCC(=O)N1CCC[C@H]1C(=O)O)S(=O)(=O)c1ccc(F)cc1. The van der Waals surface area contributed by atoms with Crippen LogP contribution in [0.4, 0.5) is 4.39 Å². The molecular weight excluding hydrogens is 351 g/mol. The van der Waals surface area contributed by atoms with Gasteiger partial charge in [-0.2, -0.15) is 0 Å². The zero-order valence-electron chi connectivity index (χ0n) is 13.9. The fraction of sp³-hybridized carbons (Fsp3) is 0.500. The molecule has 1 saturated heterocycles. The van der Waals surface area contributed by atoms with Crippen molar-refractivity contribution in [2.45, 2.75) is 36.6 Å². The van der Waals surface area contributed by atoms with E-state index >= 15 is 0 Å². The number of likely N-dealkylation sites (tertiary alicyclic amines) is 1. The fourth-order valence-corrected chi connectivity index (χ4v) is 4.03. The number of nitrogens with zero attached hydrogens (tertiary/aromatic N) is 2. The third-order valence-electron chi connectivity index (χ3n) is 4.24. The van der Waals surface area contributed by atoms with Crippen molar-refractivity contribution < 1.29 is 27.5 Å². The normalized spacial score (nSPS) is 17.9. The Morgan fingerprint density at radius 2 is 1.96 bits per heavy atom. The molecule has 1 aromatic rings. The van der Waals surface area contributed by atoms with Gasteiger partial charge in [0.15, 0.2) is 0 Å². The lowest BCUT2D eigenvalue weighted by Gasteiger charge is -2.22. The van der Waals surface area contributed by atoms with Crippen molar-refractivity contribution >= 4 is 21.9 Å². The summed E-state index contributed by atoms with van der Waals surface area (Å²) in [6.07, 6.45) is 1.45. The van der Waals surface area contributed by atoms with E-state index in [1.807, 2.05) is 0 Å². The minimum absolute atomic E-state index is 0.0202. The summed E-state index contributed by atoms with van der Waals surface area (Å²) in [5, 5.41) is 9.09. The lowest BCUT2D eigenvalue weighted by molar-refractivity contribution is -0.148. The number of amides is 1. The summed E-state index contributed by atoms with van der Waals surface area (Å²) >= 11 is 0. The molecule has 1 aromatic carbocycles. The maximum atomic E-state index is 12.9. The highest BCUT2D eigenvalue weighted by Crippen LogP contribution is 2.20. The molecule has 0 spiro atoms. The van der Waals surface area contributed by atoms with Crippen molar-refractivity contribution in [1.29, 1.82) is 0 Å². The Kier molecular flexibility index (Phi) is 6.12. The zero-order valence-corrected chi connectivity index (χ0v) is 14.7. The lowest BCUT2D eigenvalue weighted by Crippen LogP contribution is -2.40. The lowest BCUT2D eigenvalue weighted by atomic mass is 10.2. The van der Waals surface area contributed by atoms with Gasteiger partial charge in [0, 0.05) is 26.6 Å². The van der Waals surface area contributed by atoms with Crippen molar-refractivity contribution in [2.75, 3.05) is 20.1 Å². The molecule has 1 aliphatic rings. The van der Waals surface area contributed by atoms with E-state index in [2.05, 4.69) is 0 Å². The van der Waals surface area contributed by atoms with Crippen molar-refractivity contribution in [2.24, 2.45) is 0 Å². The summed E-state index contributed by atoms with van der Waals surface area (Å²) in [6.45, 7) is 0.524. The predicted octanol–water partition coefficient (Wildman–Crippen LogP) is 1.30. The van der Waals surface area contributed by atoms with Gasteiger partial charge >= 0.3 is 5.97 Å². The van der Waals surface area contributed by atoms with E-state index in [1.54, 1.807) is 0 Å². The van der Waals surface area contributed by atoms with Crippen LogP contribution in [-0.4, -0.2) is 60.8 Å². The molecule has 9 heteroatoms. The molecule has 2 rings (SSSR count). The molecule has 7 nitrogen and oxygen atoms in total. The van der Waals surface area contributed by atoms with Gasteiger partial charge in [0.05, 0.1) is 4.90 Å². The molecule has 1 atom stereocenters. The molecule has 0 saturated carbocycles. The average Bonchev–Trinajstić information content (AvgIpc) is 3.05. The Morgan fingerprint density at radius 3 is 2.56 bits per heavy atom. The number of hydrogen-bond donors (Lipinski definition) is 1. The fourth-order valence-electron chi connectivity index (χ4n) is 2.83. The van der Waals surface area contributed by atoms with Gasteiger partial charge in [-0.1, -0.05) is 0 Å². The van der Waals surface area contributed by atoms with Crippen LogP contribution < -0.4 is 0 Å². The van der Waals surface area contributed by atoms with Gasteiger partial charge in [-0.3, -0.25) is 4.79 Å². The highest BCUT2D eigenvalue weighted by Gasteiger charge is 2.33. The first-order valence-electron chi connectivity index (χ1n) is 7.97. The molecule has 0 unspecified atom stereocenters. The topological polar surface area (TPSA) is 95.0 Å². The van der Waals surface area contributed by atoms with E-state index in [4.69, 9.17) is 5.11 Å². The van der Waals surface area contributed by atoms with Crippen LogP contribution in [0.5, 0.6) is 0 Å². The molecule has 25 heavy (non-hydrogen) atoms. The number of carboxylic acid groups (broad SMARTS) is 1. The second kappa shape index (κ2) is 7.92. The number of carboxylic acids is 1. The molecule has 1 amide bonds. The predicted molar refractivity (Wildman–Crippen MR) is 87.8 cm³/mol. The van der Waals surface area contributed by atoms with Gasteiger partial charge in [0.25, 0.3) is 0 Å². The average molecular weight is 372 g/mol. The first-order chi connectivity index (χ1) is 11.7. The Bertz CT molecular complexity index is 735. The summed E-state index contributed by atoms with van der Waals surface area (Å²) in [4.78, 5) is 24.6. The summed E-state index contributed by atoms with van der Waals surface area (Å²) in [5.41, 5.74) is 0. The monoisotopic (exact) mass is 372 g/mol. The van der Waals surface area contributed by atoms with E-state index in [-0.39, 0.29) is 30.2 Å². The highest BCUT2D eigenvalue weighted by molar-refractivity contribution is 7.89. The number of sulfonamides is 1. The molecule has 1 N–H and O–H groups in total. The van der Waals surface area contributed by atoms with Crippen molar-refractivity contribution in [3.8, 4) is 0 Å². The second-order valence-corrected chi connectivity index (χ2v) is 8.01. The Labute approximate surface area is 146 Å². The van der Waals surface area contributed by atoms with E-state index in [9.17, 15) is 22.4 Å². The van der Waals surface area contributed by atoms with Crippen molar-refractivity contribution in [3.05, 3.63) is 30.1 Å². The Hall–Kier alpha value is -2.00. The molecule has 0 aliphatic carbocycles. The summed E-state index contributed by atoms with van der Waals surface area (Å²) < 4.78 is 38.7.